The molecule has 3 N–H and O–H groups in total. The molecule has 0 fully saturated rings. The van der Waals surface area contributed by atoms with E-state index < -0.39 is 0 Å². The van der Waals surface area contributed by atoms with Crippen molar-refractivity contribution in [1.82, 2.24) is 10.6 Å². The first-order chi connectivity index (χ1) is 10.6. The molecule has 2 amide bonds. The first kappa shape index (κ1) is 19.4. The van der Waals surface area contributed by atoms with Gasteiger partial charge in [-0.05, 0) is 36.6 Å². The molecule has 5 nitrogen and oxygen atoms in total. The Morgan fingerprint density at radius 2 is 2.00 bits per heavy atom. The maximum atomic E-state index is 14.4. The smallest absolute Gasteiger partial charge is 0.224 e. The Kier molecular flexibility index (Phi) is 7.98. The Morgan fingerprint density at radius 3 is 2.74 bits per heavy atom. The van der Waals surface area contributed by atoms with Gasteiger partial charge < -0.3 is 16.0 Å². The highest BCUT2D eigenvalue weighted by atomic mass is 35.5. The van der Waals surface area contributed by atoms with Gasteiger partial charge in [0, 0.05) is 25.9 Å². The van der Waals surface area contributed by atoms with Crippen molar-refractivity contribution in [2.45, 2.75) is 39.2 Å². The second-order valence-corrected chi connectivity index (χ2v) is 5.39. The van der Waals surface area contributed by atoms with Crippen LogP contribution in [0.15, 0.2) is 12.1 Å². The van der Waals surface area contributed by atoms with Crippen LogP contribution in [0, 0.1) is 5.82 Å². The highest BCUT2D eigenvalue weighted by molar-refractivity contribution is 5.93. The van der Waals surface area contributed by atoms with Gasteiger partial charge in [0.1, 0.15) is 5.82 Å². The summed E-state index contributed by atoms with van der Waals surface area (Å²) in [6.07, 6.45) is 1.63. The molecule has 0 aliphatic carbocycles. The quantitative estimate of drug-likeness (QED) is 0.741. The maximum absolute atomic E-state index is 14.4. The normalized spacial score (nSPS) is 12.8. The van der Waals surface area contributed by atoms with Gasteiger partial charge in [-0.2, -0.15) is 0 Å². The molecule has 0 atom stereocenters. The average molecular weight is 344 g/mol. The Morgan fingerprint density at radius 1 is 1.26 bits per heavy atom. The van der Waals surface area contributed by atoms with Crippen LogP contribution in [0.5, 0.6) is 0 Å². The van der Waals surface area contributed by atoms with E-state index in [9.17, 15) is 14.0 Å². The minimum atomic E-state index is -0.359. The number of hydrogen-bond acceptors (Lipinski definition) is 3. The maximum Gasteiger partial charge on any atom is 0.224 e. The van der Waals surface area contributed by atoms with Crippen LogP contribution in [-0.2, 0) is 22.6 Å². The third kappa shape index (κ3) is 5.48. The zero-order valence-electron chi connectivity index (χ0n) is 13.2. The van der Waals surface area contributed by atoms with Crippen LogP contribution in [0.3, 0.4) is 0 Å². The van der Waals surface area contributed by atoms with Crippen LogP contribution in [-0.4, -0.2) is 24.9 Å². The van der Waals surface area contributed by atoms with E-state index in [1.165, 1.54) is 0 Å². The highest BCUT2D eigenvalue weighted by Gasteiger charge is 2.17. The first-order valence-electron chi connectivity index (χ1n) is 7.69. The van der Waals surface area contributed by atoms with E-state index in [4.69, 9.17) is 0 Å². The van der Waals surface area contributed by atoms with Gasteiger partial charge in [-0.3, -0.25) is 9.59 Å². The Balaban J connectivity index is 0.00000264. The van der Waals surface area contributed by atoms with Gasteiger partial charge in [0.25, 0.3) is 0 Å². The van der Waals surface area contributed by atoms with Crippen molar-refractivity contribution in [1.29, 1.82) is 0 Å². The molecule has 1 aliphatic rings. The number of carbonyl (C=O) groups excluding carboxylic acids is 2. The summed E-state index contributed by atoms with van der Waals surface area (Å²) in [4.78, 5) is 23.3. The van der Waals surface area contributed by atoms with Crippen molar-refractivity contribution < 1.29 is 14.0 Å². The topological polar surface area (TPSA) is 70.2 Å². The molecule has 2 rings (SSSR count). The molecule has 0 radical (unpaired) electrons. The summed E-state index contributed by atoms with van der Waals surface area (Å²) in [6.45, 7) is 3.95. The van der Waals surface area contributed by atoms with Gasteiger partial charge in [0.05, 0.1) is 5.69 Å². The first-order valence-corrected chi connectivity index (χ1v) is 7.69. The molecule has 7 heteroatoms. The van der Waals surface area contributed by atoms with Gasteiger partial charge in [-0.15, -0.1) is 12.4 Å². The number of carbonyl (C=O) groups is 2. The number of nitrogens with one attached hydrogen (secondary N) is 3. The van der Waals surface area contributed by atoms with Crippen molar-refractivity contribution in [3.8, 4) is 0 Å². The molecule has 128 valence electrons. The number of halogens is 2. The second-order valence-electron chi connectivity index (χ2n) is 5.39. The Hall–Kier alpha value is -1.66. The summed E-state index contributed by atoms with van der Waals surface area (Å²) >= 11 is 0. The molecular weight excluding hydrogens is 321 g/mol. The van der Waals surface area contributed by atoms with E-state index in [1.54, 1.807) is 6.07 Å². The van der Waals surface area contributed by atoms with E-state index in [2.05, 4.69) is 16.0 Å². The third-order valence-corrected chi connectivity index (χ3v) is 3.63. The predicted octanol–water partition coefficient (Wildman–Crippen LogP) is 2.14. The highest BCUT2D eigenvalue weighted by Crippen LogP contribution is 2.24. The number of benzene rings is 1. The number of anilines is 1. The fourth-order valence-electron chi connectivity index (χ4n) is 2.42. The summed E-state index contributed by atoms with van der Waals surface area (Å²) in [5.74, 6) is -0.865. The Bertz CT molecular complexity index is 567. The molecule has 0 spiro atoms. The third-order valence-electron chi connectivity index (χ3n) is 3.63. The lowest BCUT2D eigenvalue weighted by Crippen LogP contribution is -2.26. The van der Waals surface area contributed by atoms with Crippen LogP contribution in [0.1, 0.15) is 37.3 Å². The van der Waals surface area contributed by atoms with Gasteiger partial charge in [0.15, 0.2) is 0 Å². The summed E-state index contributed by atoms with van der Waals surface area (Å²) in [5.41, 5.74) is 1.79. The zero-order chi connectivity index (χ0) is 15.9. The standard InChI is InChI=1S/C16H22FN3O2.ClH/c1-2-8-19-14(21)5-6-15(22)20-13-4-3-11-10-18-9-7-12(11)16(13)17;/h3-4,18H,2,5-10H2,1H3,(H,19,21)(H,20,22);1H. The lowest BCUT2D eigenvalue weighted by molar-refractivity contribution is -0.124. The number of amides is 2. The SMILES string of the molecule is CCCNC(=O)CCC(=O)Nc1ccc2c(c1F)CCNC2.Cl. The van der Waals surface area contributed by atoms with Gasteiger partial charge in [-0.1, -0.05) is 13.0 Å². The summed E-state index contributed by atoms with van der Waals surface area (Å²) in [5, 5.41) is 8.44. The van der Waals surface area contributed by atoms with Gasteiger partial charge in [0.2, 0.25) is 11.8 Å². The lowest BCUT2D eigenvalue weighted by Gasteiger charge is -2.19. The van der Waals surface area contributed by atoms with Crippen LogP contribution >= 0.6 is 12.4 Å². The summed E-state index contributed by atoms with van der Waals surface area (Å²) in [7, 11) is 0. The van der Waals surface area contributed by atoms with Crippen molar-refractivity contribution >= 4 is 29.9 Å². The molecule has 0 saturated heterocycles. The minimum Gasteiger partial charge on any atom is -0.356 e. The predicted molar refractivity (Wildman–Crippen MR) is 90.2 cm³/mol. The van der Waals surface area contributed by atoms with Gasteiger partial charge >= 0.3 is 0 Å². The van der Waals surface area contributed by atoms with Crippen molar-refractivity contribution in [2.24, 2.45) is 0 Å². The monoisotopic (exact) mass is 343 g/mol. The molecule has 1 aliphatic heterocycles. The van der Waals surface area contributed by atoms with E-state index in [0.29, 0.717) is 25.1 Å². The fourth-order valence-corrected chi connectivity index (χ4v) is 2.42. The molecule has 1 aromatic rings. The van der Waals surface area contributed by atoms with Crippen LogP contribution in [0.4, 0.5) is 10.1 Å². The minimum absolute atomic E-state index is 0. The van der Waals surface area contributed by atoms with Crippen molar-refractivity contribution in [2.75, 3.05) is 18.4 Å². The molecule has 1 heterocycles. The van der Waals surface area contributed by atoms with Gasteiger partial charge in [-0.25, -0.2) is 4.39 Å². The average Bonchev–Trinajstić information content (AvgIpc) is 2.54. The van der Waals surface area contributed by atoms with Crippen LogP contribution < -0.4 is 16.0 Å². The van der Waals surface area contributed by atoms with E-state index in [1.807, 2.05) is 13.0 Å². The number of rotatable bonds is 6. The molecule has 1 aromatic carbocycles. The number of fused-ring (bicyclic) bond motifs is 1. The zero-order valence-corrected chi connectivity index (χ0v) is 14.0. The lowest BCUT2D eigenvalue weighted by atomic mass is 9.99. The Labute approximate surface area is 141 Å². The largest absolute Gasteiger partial charge is 0.356 e. The molecule has 23 heavy (non-hydrogen) atoms. The van der Waals surface area contributed by atoms with Crippen molar-refractivity contribution in [3.05, 3.63) is 29.1 Å². The number of hydrogen-bond donors (Lipinski definition) is 3. The van der Waals surface area contributed by atoms with Crippen LogP contribution in [0.25, 0.3) is 0 Å². The molecule has 0 saturated carbocycles. The van der Waals surface area contributed by atoms with Crippen molar-refractivity contribution in [3.63, 3.8) is 0 Å². The second kappa shape index (κ2) is 9.47. The molecule has 0 bridgehead atoms. The summed E-state index contributed by atoms with van der Waals surface area (Å²) in [6, 6.07) is 3.41. The molecular formula is C16H23ClFN3O2. The molecule has 0 aromatic heterocycles. The molecule has 0 unspecified atom stereocenters. The van der Waals surface area contributed by atoms with E-state index in [0.717, 1.165) is 18.5 Å². The summed E-state index contributed by atoms with van der Waals surface area (Å²) < 4.78 is 14.4. The fraction of sp³-hybridized carbons (Fsp3) is 0.500. The van der Waals surface area contributed by atoms with E-state index in [-0.39, 0.29) is 48.6 Å². The van der Waals surface area contributed by atoms with E-state index >= 15 is 0 Å². The van der Waals surface area contributed by atoms with Crippen LogP contribution in [0.2, 0.25) is 0 Å².